The third kappa shape index (κ3) is 5.93. The number of aromatic nitrogens is 2. The summed E-state index contributed by atoms with van der Waals surface area (Å²) in [5.74, 6) is 0.271. The van der Waals surface area contributed by atoms with E-state index in [1.165, 1.54) is 7.11 Å². The average molecular weight is 467 g/mol. The Kier molecular flexibility index (Phi) is 7.88. The van der Waals surface area contributed by atoms with Crippen LogP contribution in [0.4, 0.5) is 0 Å². The molecule has 1 aromatic heterocycles. The van der Waals surface area contributed by atoms with Crippen molar-refractivity contribution in [2.24, 2.45) is 0 Å². The topological polar surface area (TPSA) is 72.0 Å². The number of esters is 1. The highest BCUT2D eigenvalue weighted by Gasteiger charge is 2.17. The number of aromatic amines is 1. The van der Waals surface area contributed by atoms with E-state index in [4.69, 9.17) is 9.72 Å². The molecule has 0 unspecified atom stereocenters. The highest BCUT2D eigenvalue weighted by Crippen LogP contribution is 2.26. The molecule has 0 aliphatic heterocycles. The Bertz CT molecular complexity index is 1350. The Hall–Kier alpha value is -3.99. The van der Waals surface area contributed by atoms with Crippen molar-refractivity contribution >= 4 is 5.97 Å². The van der Waals surface area contributed by atoms with Crippen molar-refractivity contribution in [2.45, 2.75) is 39.0 Å². The number of aryl methyl sites for hydroxylation is 1. The first-order valence-corrected chi connectivity index (χ1v) is 12.0. The van der Waals surface area contributed by atoms with Crippen LogP contribution in [0.25, 0.3) is 11.1 Å². The molecule has 1 N–H and O–H groups in total. The van der Waals surface area contributed by atoms with Crippen molar-refractivity contribution in [1.82, 2.24) is 9.97 Å². The van der Waals surface area contributed by atoms with E-state index < -0.39 is 5.97 Å². The molecular formula is C30H30N2O3. The molecule has 0 aliphatic carbocycles. The monoisotopic (exact) mass is 466 g/mol. The number of carbonyl (C=O) groups is 1. The number of carbonyl (C=O) groups excluding carboxylic acids is 1. The van der Waals surface area contributed by atoms with Gasteiger partial charge in [0.2, 0.25) is 0 Å². The van der Waals surface area contributed by atoms with Crippen LogP contribution in [0.5, 0.6) is 0 Å². The fourth-order valence-corrected chi connectivity index (χ4v) is 4.26. The molecule has 0 radical (unpaired) electrons. The second-order valence-electron chi connectivity index (χ2n) is 8.62. The highest BCUT2D eigenvalue weighted by molar-refractivity contribution is 5.97. The van der Waals surface area contributed by atoms with Gasteiger partial charge in [0, 0.05) is 18.4 Å². The standard InChI is InChI=1S/C30H30N2O3/c1-3-4-15-27-26(29(33)32-28(31-27)20-21-11-7-5-8-12-21)19-22-16-17-24(23-13-9-6-10-14-23)25(18-22)30(34)35-2/h5-14,16-18H,3-4,15,19-20H2,1-2H3,(H,31,32,33). The number of nitrogens with zero attached hydrogens (tertiary/aromatic N) is 1. The molecule has 0 atom stereocenters. The van der Waals surface area contributed by atoms with Crippen LogP contribution in [0.2, 0.25) is 0 Å². The van der Waals surface area contributed by atoms with E-state index in [1.54, 1.807) is 0 Å². The maximum Gasteiger partial charge on any atom is 0.338 e. The minimum atomic E-state index is -0.401. The Morgan fingerprint density at radius 1 is 0.914 bits per heavy atom. The van der Waals surface area contributed by atoms with Crippen molar-refractivity contribution in [3.05, 3.63) is 123 Å². The number of hydrogen-bond donors (Lipinski definition) is 1. The van der Waals surface area contributed by atoms with Gasteiger partial charge in [-0.3, -0.25) is 4.79 Å². The van der Waals surface area contributed by atoms with E-state index in [2.05, 4.69) is 11.9 Å². The van der Waals surface area contributed by atoms with Gasteiger partial charge >= 0.3 is 5.97 Å². The van der Waals surface area contributed by atoms with Gasteiger partial charge in [-0.25, -0.2) is 9.78 Å². The summed E-state index contributed by atoms with van der Waals surface area (Å²) in [6.45, 7) is 2.13. The molecule has 3 aromatic carbocycles. The fraction of sp³-hybridized carbons (Fsp3) is 0.233. The summed E-state index contributed by atoms with van der Waals surface area (Å²) in [6, 6.07) is 25.5. The lowest BCUT2D eigenvalue weighted by atomic mass is 9.94. The Labute approximate surface area is 205 Å². The van der Waals surface area contributed by atoms with E-state index in [-0.39, 0.29) is 5.56 Å². The third-order valence-electron chi connectivity index (χ3n) is 6.09. The van der Waals surface area contributed by atoms with E-state index >= 15 is 0 Å². The molecule has 0 amide bonds. The van der Waals surface area contributed by atoms with Crippen LogP contribution in [0.15, 0.2) is 83.7 Å². The van der Waals surface area contributed by atoms with Crippen LogP contribution in [0.1, 0.15) is 58.3 Å². The van der Waals surface area contributed by atoms with Crippen molar-refractivity contribution < 1.29 is 9.53 Å². The van der Waals surface area contributed by atoms with Crippen LogP contribution in [-0.4, -0.2) is 23.0 Å². The van der Waals surface area contributed by atoms with Gasteiger partial charge in [-0.1, -0.05) is 86.1 Å². The molecule has 0 saturated carbocycles. The number of unbranched alkanes of at least 4 members (excludes halogenated alkanes) is 1. The summed E-state index contributed by atoms with van der Waals surface area (Å²) in [4.78, 5) is 33.6. The first-order valence-electron chi connectivity index (χ1n) is 12.0. The molecule has 4 rings (SSSR count). The molecule has 0 spiro atoms. The molecule has 0 bridgehead atoms. The number of methoxy groups -OCH3 is 1. The van der Waals surface area contributed by atoms with Crippen molar-refractivity contribution in [2.75, 3.05) is 7.11 Å². The van der Waals surface area contributed by atoms with Gasteiger partial charge in [0.05, 0.1) is 18.4 Å². The maximum absolute atomic E-state index is 13.2. The molecule has 1 heterocycles. The Morgan fingerprint density at radius 3 is 2.31 bits per heavy atom. The highest BCUT2D eigenvalue weighted by atomic mass is 16.5. The van der Waals surface area contributed by atoms with Crippen LogP contribution >= 0.6 is 0 Å². The minimum absolute atomic E-state index is 0.121. The first-order chi connectivity index (χ1) is 17.1. The molecule has 4 aromatic rings. The van der Waals surface area contributed by atoms with Gasteiger partial charge in [0.1, 0.15) is 5.82 Å². The van der Waals surface area contributed by atoms with Gasteiger partial charge in [0.15, 0.2) is 0 Å². The Balaban J connectivity index is 1.70. The van der Waals surface area contributed by atoms with Crippen molar-refractivity contribution in [1.29, 1.82) is 0 Å². The van der Waals surface area contributed by atoms with E-state index in [0.29, 0.717) is 29.8 Å². The van der Waals surface area contributed by atoms with E-state index in [1.807, 2.05) is 78.9 Å². The minimum Gasteiger partial charge on any atom is -0.465 e. The molecule has 0 saturated heterocycles. The lowest BCUT2D eigenvalue weighted by Gasteiger charge is -2.13. The van der Waals surface area contributed by atoms with Crippen LogP contribution in [0, 0.1) is 0 Å². The van der Waals surface area contributed by atoms with Gasteiger partial charge in [-0.15, -0.1) is 0 Å². The van der Waals surface area contributed by atoms with Gasteiger partial charge < -0.3 is 9.72 Å². The van der Waals surface area contributed by atoms with Gasteiger partial charge in [-0.2, -0.15) is 0 Å². The van der Waals surface area contributed by atoms with E-state index in [9.17, 15) is 9.59 Å². The summed E-state index contributed by atoms with van der Waals surface area (Å²) in [6.07, 6.45) is 3.68. The average Bonchev–Trinajstić information content (AvgIpc) is 2.89. The van der Waals surface area contributed by atoms with E-state index in [0.717, 1.165) is 47.2 Å². The van der Waals surface area contributed by atoms with Crippen molar-refractivity contribution in [3.8, 4) is 11.1 Å². The second-order valence-corrected chi connectivity index (χ2v) is 8.62. The summed E-state index contributed by atoms with van der Waals surface area (Å²) in [5, 5.41) is 0. The van der Waals surface area contributed by atoms with Crippen LogP contribution in [0.3, 0.4) is 0 Å². The summed E-state index contributed by atoms with van der Waals surface area (Å²) in [7, 11) is 1.38. The molecule has 0 fully saturated rings. The van der Waals surface area contributed by atoms with Crippen LogP contribution < -0.4 is 5.56 Å². The maximum atomic E-state index is 13.2. The number of rotatable bonds is 9. The summed E-state index contributed by atoms with van der Waals surface area (Å²) >= 11 is 0. The lowest BCUT2D eigenvalue weighted by molar-refractivity contribution is 0.0601. The SMILES string of the molecule is CCCCc1nc(Cc2ccccc2)[nH]c(=O)c1Cc1ccc(-c2ccccc2)c(C(=O)OC)c1. The fourth-order valence-electron chi connectivity index (χ4n) is 4.26. The molecule has 5 nitrogen and oxygen atoms in total. The number of H-pyrrole nitrogens is 1. The third-order valence-corrected chi connectivity index (χ3v) is 6.09. The predicted octanol–water partition coefficient (Wildman–Crippen LogP) is 5.75. The largest absolute Gasteiger partial charge is 0.465 e. The number of hydrogen-bond acceptors (Lipinski definition) is 4. The zero-order chi connectivity index (χ0) is 24.6. The quantitative estimate of drug-likeness (QED) is 0.319. The molecule has 35 heavy (non-hydrogen) atoms. The van der Waals surface area contributed by atoms with Crippen molar-refractivity contribution in [3.63, 3.8) is 0 Å². The zero-order valence-corrected chi connectivity index (χ0v) is 20.2. The van der Waals surface area contributed by atoms with Gasteiger partial charge in [-0.05, 0) is 41.2 Å². The summed E-state index contributed by atoms with van der Waals surface area (Å²) < 4.78 is 5.06. The van der Waals surface area contributed by atoms with Crippen LogP contribution in [-0.2, 0) is 24.0 Å². The Morgan fingerprint density at radius 2 is 1.63 bits per heavy atom. The number of nitrogens with one attached hydrogen (secondary N) is 1. The number of ether oxygens (including phenoxy) is 1. The van der Waals surface area contributed by atoms with Gasteiger partial charge in [0.25, 0.3) is 5.56 Å². The summed E-state index contributed by atoms with van der Waals surface area (Å²) in [5.41, 5.74) is 5.55. The predicted molar refractivity (Wildman–Crippen MR) is 139 cm³/mol. The smallest absolute Gasteiger partial charge is 0.338 e. The normalized spacial score (nSPS) is 10.8. The lowest BCUT2D eigenvalue weighted by Crippen LogP contribution is -2.21. The molecular weight excluding hydrogens is 436 g/mol. The zero-order valence-electron chi connectivity index (χ0n) is 20.2. The molecule has 0 aliphatic rings. The molecule has 5 heteroatoms. The second kappa shape index (κ2) is 11.4. The first kappa shape index (κ1) is 24.1. The molecule has 178 valence electrons. The number of benzene rings is 3.